The van der Waals surface area contributed by atoms with Crippen molar-refractivity contribution in [2.75, 3.05) is 0 Å². The molecule has 1 aliphatic heterocycles. The molecule has 0 bridgehead atoms. The van der Waals surface area contributed by atoms with Crippen LogP contribution in [0.4, 0.5) is 0 Å². The maximum absolute atomic E-state index is 11.8. The molecule has 3 aliphatic carbocycles. The first-order chi connectivity index (χ1) is 11.2. The second-order valence-corrected chi connectivity index (χ2v) is 9.36. The molecule has 2 saturated carbocycles. The molecule has 24 heavy (non-hydrogen) atoms. The third-order valence-electron chi connectivity index (χ3n) is 7.35. The predicted octanol–water partition coefficient (Wildman–Crippen LogP) is 4.85. The van der Waals surface area contributed by atoms with E-state index in [9.17, 15) is 9.90 Å². The number of aliphatic hydroxyl groups is 1. The minimum absolute atomic E-state index is 0.182. The highest BCUT2D eigenvalue weighted by atomic mass is 16.5. The van der Waals surface area contributed by atoms with Gasteiger partial charge in [0.05, 0.1) is 0 Å². The van der Waals surface area contributed by atoms with E-state index in [1.807, 2.05) is 0 Å². The number of hydrogen-bond acceptors (Lipinski definition) is 3. The highest BCUT2D eigenvalue weighted by molar-refractivity contribution is 6.04. The van der Waals surface area contributed by atoms with Crippen LogP contribution in [0, 0.1) is 22.7 Å². The molecule has 3 nitrogen and oxygen atoms in total. The van der Waals surface area contributed by atoms with Crippen molar-refractivity contribution in [2.45, 2.75) is 65.4 Å². The molecule has 2 fully saturated rings. The van der Waals surface area contributed by atoms with E-state index >= 15 is 0 Å². The Morgan fingerprint density at radius 3 is 2.62 bits per heavy atom. The lowest BCUT2D eigenvalue weighted by molar-refractivity contribution is -0.162. The minimum atomic E-state index is -0.358. The van der Waals surface area contributed by atoms with Crippen molar-refractivity contribution < 1.29 is 14.6 Å². The van der Waals surface area contributed by atoms with Crippen LogP contribution in [0.5, 0.6) is 0 Å². The second kappa shape index (κ2) is 4.77. The lowest BCUT2D eigenvalue weighted by Gasteiger charge is -2.62. The lowest BCUT2D eigenvalue weighted by atomic mass is 9.45. The van der Waals surface area contributed by atoms with Crippen LogP contribution in [-0.2, 0) is 9.53 Å². The molecule has 4 rings (SSSR count). The Morgan fingerprint density at radius 1 is 1.12 bits per heavy atom. The zero-order valence-corrected chi connectivity index (χ0v) is 15.2. The molecule has 0 aromatic rings. The normalized spacial score (nSPS) is 43.3. The van der Waals surface area contributed by atoms with Gasteiger partial charge >= 0.3 is 0 Å². The molecular weight excluding hydrogens is 300 g/mol. The number of ketones is 1. The Hall–Kier alpha value is -1.51. The Balaban J connectivity index is 1.82. The van der Waals surface area contributed by atoms with Gasteiger partial charge in [-0.25, -0.2) is 0 Å². The molecule has 4 aliphatic rings. The first-order valence-corrected chi connectivity index (χ1v) is 9.24. The van der Waals surface area contributed by atoms with E-state index in [0.29, 0.717) is 23.0 Å². The quantitative estimate of drug-likeness (QED) is 0.691. The summed E-state index contributed by atoms with van der Waals surface area (Å²) in [6.45, 7) is 9.49. The van der Waals surface area contributed by atoms with E-state index in [0.717, 1.165) is 12.0 Å². The summed E-state index contributed by atoms with van der Waals surface area (Å²) in [5, 5.41) is 9.83. The maximum Gasteiger partial charge on any atom is 0.223 e. The first kappa shape index (κ1) is 16.0. The van der Waals surface area contributed by atoms with Gasteiger partial charge in [-0.1, -0.05) is 33.3 Å². The third kappa shape index (κ3) is 2.06. The van der Waals surface area contributed by atoms with Gasteiger partial charge in [-0.05, 0) is 55.4 Å². The van der Waals surface area contributed by atoms with E-state index in [1.165, 1.54) is 31.8 Å². The molecule has 1 heterocycles. The van der Waals surface area contributed by atoms with Gasteiger partial charge in [0.2, 0.25) is 5.78 Å². The number of ether oxygens (including phenoxy) is 1. The molecule has 0 amide bonds. The molecule has 1 N–H and O–H groups in total. The summed E-state index contributed by atoms with van der Waals surface area (Å²) in [5.41, 5.74) is 1.19. The zero-order valence-electron chi connectivity index (χ0n) is 15.2. The summed E-state index contributed by atoms with van der Waals surface area (Å²) < 4.78 is 6.40. The molecule has 0 radical (unpaired) electrons. The number of fused-ring (bicyclic) bond motifs is 4. The van der Waals surface area contributed by atoms with Crippen molar-refractivity contribution >= 4 is 5.78 Å². The van der Waals surface area contributed by atoms with Crippen LogP contribution in [0.3, 0.4) is 0 Å². The molecule has 0 spiro atoms. The highest BCUT2D eigenvalue weighted by Gasteiger charge is 2.60. The molecule has 4 atom stereocenters. The number of rotatable bonds is 0. The molecule has 0 aromatic heterocycles. The second-order valence-electron chi connectivity index (χ2n) is 9.36. The van der Waals surface area contributed by atoms with Gasteiger partial charge in [-0.15, -0.1) is 0 Å². The minimum Gasteiger partial charge on any atom is -0.504 e. The first-order valence-electron chi connectivity index (χ1n) is 9.24. The van der Waals surface area contributed by atoms with Gasteiger partial charge in [0.15, 0.2) is 5.76 Å². The van der Waals surface area contributed by atoms with Crippen molar-refractivity contribution in [1.82, 2.24) is 0 Å². The van der Waals surface area contributed by atoms with Gasteiger partial charge in [0.1, 0.15) is 11.4 Å². The standard InChI is InChI=1S/C21H28O3/c1-19(2)7-5-8-20(3)17(19)6-9-21(4)18(20)11-13-10-14(22)15(23)12-16(13)24-21/h10-12,17-18,22H,5-9H2,1-4H3/t17-,18-,20-,21-/m0/s1. The Kier molecular flexibility index (Phi) is 3.18. The third-order valence-corrected chi connectivity index (χ3v) is 7.35. The van der Waals surface area contributed by atoms with E-state index in [4.69, 9.17) is 4.74 Å². The van der Waals surface area contributed by atoms with Gasteiger partial charge < -0.3 is 9.84 Å². The zero-order chi connectivity index (χ0) is 17.3. The van der Waals surface area contributed by atoms with Crippen molar-refractivity contribution in [2.24, 2.45) is 22.7 Å². The van der Waals surface area contributed by atoms with Gasteiger partial charge in [0.25, 0.3) is 0 Å². The monoisotopic (exact) mass is 328 g/mol. The van der Waals surface area contributed by atoms with Crippen LogP contribution in [0.2, 0.25) is 0 Å². The van der Waals surface area contributed by atoms with Crippen LogP contribution < -0.4 is 0 Å². The van der Waals surface area contributed by atoms with Crippen LogP contribution in [0.1, 0.15) is 59.8 Å². The average Bonchev–Trinajstić information content (AvgIpc) is 2.46. The lowest BCUT2D eigenvalue weighted by Crippen LogP contribution is -2.58. The van der Waals surface area contributed by atoms with Gasteiger partial charge in [-0.2, -0.15) is 0 Å². The van der Waals surface area contributed by atoms with E-state index in [-0.39, 0.29) is 22.6 Å². The SMILES string of the molecule is CC1(C)CCC[C@@]2(C)[C@H]1CC[C@]1(C)OC3=CC(=O)C(O)=CC3=C[C@@H]21. The topological polar surface area (TPSA) is 46.5 Å². The molecule has 130 valence electrons. The number of aliphatic hydroxyl groups excluding tert-OH is 1. The number of carbonyl (C=O) groups is 1. The van der Waals surface area contributed by atoms with Gasteiger partial charge in [0, 0.05) is 17.6 Å². The van der Waals surface area contributed by atoms with Gasteiger partial charge in [-0.3, -0.25) is 4.79 Å². The van der Waals surface area contributed by atoms with Crippen LogP contribution in [0.25, 0.3) is 0 Å². The average molecular weight is 328 g/mol. The number of carbonyl (C=O) groups excluding carboxylic acids is 1. The number of hydrogen-bond donors (Lipinski definition) is 1. The summed E-state index contributed by atoms with van der Waals surface area (Å²) in [6.07, 6.45) is 11.3. The maximum atomic E-state index is 11.8. The highest BCUT2D eigenvalue weighted by Crippen LogP contribution is 2.64. The fraction of sp³-hybridized carbons (Fsp3) is 0.667. The van der Waals surface area contributed by atoms with Crippen molar-refractivity contribution in [3.63, 3.8) is 0 Å². The van der Waals surface area contributed by atoms with Crippen LogP contribution in [-0.4, -0.2) is 16.5 Å². The Labute approximate surface area is 144 Å². The van der Waals surface area contributed by atoms with Crippen LogP contribution >= 0.6 is 0 Å². The summed E-state index contributed by atoms with van der Waals surface area (Å²) >= 11 is 0. The van der Waals surface area contributed by atoms with Crippen molar-refractivity contribution in [1.29, 1.82) is 0 Å². The largest absolute Gasteiger partial charge is 0.504 e. The summed E-state index contributed by atoms with van der Waals surface area (Å²) in [6, 6.07) is 0. The predicted molar refractivity (Wildman–Crippen MR) is 93.3 cm³/mol. The van der Waals surface area contributed by atoms with Crippen molar-refractivity contribution in [3.05, 3.63) is 35.3 Å². The summed E-state index contributed by atoms with van der Waals surface area (Å²) in [4.78, 5) is 11.8. The summed E-state index contributed by atoms with van der Waals surface area (Å²) in [7, 11) is 0. The molecule has 0 saturated heterocycles. The number of allylic oxidation sites excluding steroid dienone is 2. The van der Waals surface area contributed by atoms with Crippen molar-refractivity contribution in [3.8, 4) is 0 Å². The van der Waals surface area contributed by atoms with E-state index in [2.05, 4.69) is 33.8 Å². The Bertz CT molecular complexity index is 696. The summed E-state index contributed by atoms with van der Waals surface area (Å²) in [5.74, 6) is 1.09. The fourth-order valence-corrected chi connectivity index (χ4v) is 6.24. The van der Waals surface area contributed by atoms with Crippen LogP contribution in [0.15, 0.2) is 35.3 Å². The smallest absolute Gasteiger partial charge is 0.223 e. The molecular formula is C21H28O3. The molecule has 3 heteroatoms. The molecule has 0 aromatic carbocycles. The fourth-order valence-electron chi connectivity index (χ4n) is 6.24. The molecule has 0 unspecified atom stereocenters. The van der Waals surface area contributed by atoms with E-state index in [1.54, 1.807) is 6.08 Å². The Morgan fingerprint density at radius 2 is 1.88 bits per heavy atom. The van der Waals surface area contributed by atoms with E-state index < -0.39 is 0 Å².